The Bertz CT molecular complexity index is 3740. The third kappa shape index (κ3) is 5.31. The van der Waals surface area contributed by atoms with Gasteiger partial charge in [0.05, 0.1) is 11.0 Å². The zero-order chi connectivity index (χ0) is 40.7. The van der Waals surface area contributed by atoms with Gasteiger partial charge in [0.2, 0.25) is 5.95 Å². The van der Waals surface area contributed by atoms with Gasteiger partial charge in [-0.1, -0.05) is 176 Å². The van der Waals surface area contributed by atoms with Crippen molar-refractivity contribution in [1.29, 1.82) is 0 Å². The van der Waals surface area contributed by atoms with E-state index in [0.717, 1.165) is 61.3 Å². The Kier molecular flexibility index (Phi) is 7.66. The van der Waals surface area contributed by atoms with Crippen LogP contribution in [0.25, 0.3) is 110 Å². The van der Waals surface area contributed by atoms with Crippen molar-refractivity contribution >= 4 is 81.6 Å². The second kappa shape index (κ2) is 13.7. The standard InChI is InChI=1S/C57H36N4O/c1-2-14-35(15-3-1)36-26-28-39(29-27-36)41-19-10-11-23-45(41)55-58-56(47-34-40-18-6-9-22-44(40)54-51(47)46-24-12-13-25-50(46)62-54)60-57(59-55)61-48-32-30-37-16-4-7-20-42(37)52(48)53-43-21-8-5-17-38(43)31-33-49(53)61/h1-18,20-34,41H,19H2. The molecular formula is C57H36N4O. The molecular weight excluding hydrogens is 757 g/mol. The normalized spacial score (nSPS) is 14.3. The smallest absolute Gasteiger partial charge is 0.238 e. The second-order valence-corrected chi connectivity index (χ2v) is 16.3. The van der Waals surface area contributed by atoms with Gasteiger partial charge in [0.15, 0.2) is 11.6 Å². The molecule has 0 bridgehead atoms. The van der Waals surface area contributed by atoms with Gasteiger partial charge in [0, 0.05) is 44.0 Å². The summed E-state index contributed by atoms with van der Waals surface area (Å²) in [5.41, 5.74) is 9.30. The van der Waals surface area contributed by atoms with Crippen molar-refractivity contribution in [1.82, 2.24) is 19.5 Å². The van der Waals surface area contributed by atoms with Crippen LogP contribution in [0.5, 0.6) is 0 Å². The fourth-order valence-electron chi connectivity index (χ4n) is 9.93. The molecule has 0 spiro atoms. The molecule has 1 unspecified atom stereocenters. The number of furan rings is 1. The molecule has 1 atom stereocenters. The number of para-hydroxylation sites is 1. The molecule has 1 aliphatic rings. The van der Waals surface area contributed by atoms with Crippen molar-refractivity contribution in [2.75, 3.05) is 0 Å². The molecule has 3 aromatic heterocycles. The first-order valence-corrected chi connectivity index (χ1v) is 21.2. The maximum Gasteiger partial charge on any atom is 0.238 e. The average molecular weight is 793 g/mol. The van der Waals surface area contributed by atoms with E-state index in [1.807, 2.05) is 12.1 Å². The van der Waals surface area contributed by atoms with Crippen LogP contribution in [-0.2, 0) is 0 Å². The first kappa shape index (κ1) is 34.7. The predicted octanol–water partition coefficient (Wildman–Crippen LogP) is 14.8. The van der Waals surface area contributed by atoms with Gasteiger partial charge in [-0.25, -0.2) is 4.98 Å². The number of aromatic nitrogens is 4. The lowest BCUT2D eigenvalue weighted by Gasteiger charge is -2.22. The molecule has 1 aliphatic carbocycles. The van der Waals surface area contributed by atoms with E-state index in [-0.39, 0.29) is 5.92 Å². The summed E-state index contributed by atoms with van der Waals surface area (Å²) in [4.78, 5) is 16.6. The highest BCUT2D eigenvalue weighted by molar-refractivity contribution is 6.28. The Morgan fingerprint density at radius 3 is 1.81 bits per heavy atom. The van der Waals surface area contributed by atoms with Crippen LogP contribution in [0.3, 0.4) is 0 Å². The number of hydrogen-bond donors (Lipinski definition) is 0. The highest BCUT2D eigenvalue weighted by Crippen LogP contribution is 2.44. The van der Waals surface area contributed by atoms with Crippen molar-refractivity contribution in [3.63, 3.8) is 0 Å². The third-order valence-electron chi connectivity index (χ3n) is 12.8. The van der Waals surface area contributed by atoms with Crippen LogP contribution in [0.15, 0.2) is 205 Å². The highest BCUT2D eigenvalue weighted by Gasteiger charge is 2.27. The van der Waals surface area contributed by atoms with Crippen LogP contribution >= 0.6 is 0 Å². The second-order valence-electron chi connectivity index (χ2n) is 16.3. The van der Waals surface area contributed by atoms with E-state index in [1.165, 1.54) is 49.0 Å². The summed E-state index contributed by atoms with van der Waals surface area (Å²) in [6.45, 7) is 0. The lowest BCUT2D eigenvalue weighted by atomic mass is 9.84. The van der Waals surface area contributed by atoms with Crippen molar-refractivity contribution in [3.8, 4) is 28.5 Å². The maximum atomic E-state index is 6.69. The van der Waals surface area contributed by atoms with Crippen LogP contribution in [0.4, 0.5) is 0 Å². The molecule has 0 aliphatic heterocycles. The van der Waals surface area contributed by atoms with Crippen LogP contribution in [0, 0.1) is 0 Å². The van der Waals surface area contributed by atoms with Crippen molar-refractivity contribution in [3.05, 3.63) is 212 Å². The van der Waals surface area contributed by atoms with E-state index in [1.54, 1.807) is 0 Å². The van der Waals surface area contributed by atoms with Crippen molar-refractivity contribution < 1.29 is 4.42 Å². The summed E-state index contributed by atoms with van der Waals surface area (Å²) in [6, 6.07) is 64.7. The minimum atomic E-state index is 0.0327. The highest BCUT2D eigenvalue weighted by atomic mass is 16.3. The molecule has 5 heteroatoms. The van der Waals surface area contributed by atoms with E-state index in [0.29, 0.717) is 17.6 Å². The van der Waals surface area contributed by atoms with Crippen molar-refractivity contribution in [2.45, 2.75) is 12.3 Å². The van der Waals surface area contributed by atoms with Crippen molar-refractivity contribution in [2.24, 2.45) is 0 Å². The van der Waals surface area contributed by atoms with Gasteiger partial charge in [-0.15, -0.1) is 0 Å². The van der Waals surface area contributed by atoms with Crippen LogP contribution in [0.2, 0.25) is 0 Å². The molecule has 3 heterocycles. The number of benzene rings is 9. The van der Waals surface area contributed by atoms with Gasteiger partial charge in [-0.2, -0.15) is 9.97 Å². The summed E-state index contributed by atoms with van der Waals surface area (Å²) in [5, 5.41) is 11.3. The zero-order valence-corrected chi connectivity index (χ0v) is 33.5. The molecule has 0 saturated heterocycles. The molecule has 0 amide bonds. The lowest BCUT2D eigenvalue weighted by molar-refractivity contribution is 0.672. The summed E-state index contributed by atoms with van der Waals surface area (Å²) in [5.74, 6) is 1.85. The van der Waals surface area contributed by atoms with Gasteiger partial charge < -0.3 is 4.42 Å². The summed E-state index contributed by atoms with van der Waals surface area (Å²) in [7, 11) is 0. The van der Waals surface area contributed by atoms with Crippen LogP contribution in [0.1, 0.15) is 23.7 Å². The van der Waals surface area contributed by atoms with Gasteiger partial charge in [-0.3, -0.25) is 4.57 Å². The Labute approximate surface area is 356 Å². The van der Waals surface area contributed by atoms with Gasteiger partial charge >= 0.3 is 0 Å². The van der Waals surface area contributed by atoms with E-state index < -0.39 is 0 Å². The molecule has 62 heavy (non-hydrogen) atoms. The Morgan fingerprint density at radius 2 is 1.08 bits per heavy atom. The van der Waals surface area contributed by atoms with E-state index in [4.69, 9.17) is 19.4 Å². The Morgan fingerprint density at radius 1 is 0.484 bits per heavy atom. The SMILES string of the molecule is C1=CCC(c2ccc(-c3ccccc3)cc2)C(c2nc(-c3cc4ccccc4c4oc5ccccc5c34)nc(-n3c4ccc5ccccc5c4c4c5ccccc5ccc43)n2)=C1. The minimum absolute atomic E-state index is 0.0327. The van der Waals surface area contributed by atoms with Crippen LogP contribution in [-0.4, -0.2) is 19.5 Å². The first-order valence-electron chi connectivity index (χ1n) is 21.2. The molecule has 9 aromatic carbocycles. The fraction of sp³-hybridized carbons (Fsp3) is 0.0351. The first-order chi connectivity index (χ1) is 30.7. The molecule has 12 aromatic rings. The van der Waals surface area contributed by atoms with E-state index >= 15 is 0 Å². The molecule has 0 radical (unpaired) electrons. The monoisotopic (exact) mass is 792 g/mol. The average Bonchev–Trinajstić information content (AvgIpc) is 3.91. The predicted molar refractivity (Wildman–Crippen MR) is 256 cm³/mol. The topological polar surface area (TPSA) is 56.7 Å². The molecule has 5 nitrogen and oxygen atoms in total. The Balaban J connectivity index is 1.11. The summed E-state index contributed by atoms with van der Waals surface area (Å²) in [6.07, 6.45) is 7.41. The van der Waals surface area contributed by atoms with Crippen LogP contribution < -0.4 is 0 Å². The van der Waals surface area contributed by atoms with Gasteiger partial charge in [0.25, 0.3) is 0 Å². The number of fused-ring (bicyclic) bond motifs is 12. The zero-order valence-electron chi connectivity index (χ0n) is 33.5. The van der Waals surface area contributed by atoms with E-state index in [9.17, 15) is 0 Å². The van der Waals surface area contributed by atoms with Gasteiger partial charge in [-0.05, 0) is 74.3 Å². The molecule has 290 valence electrons. The Hall–Kier alpha value is -8.15. The maximum absolute atomic E-state index is 6.69. The van der Waals surface area contributed by atoms with Gasteiger partial charge in [0.1, 0.15) is 11.2 Å². The molecule has 0 fully saturated rings. The minimum Gasteiger partial charge on any atom is -0.455 e. The number of hydrogen-bond acceptors (Lipinski definition) is 4. The summed E-state index contributed by atoms with van der Waals surface area (Å²) >= 11 is 0. The number of allylic oxidation sites excluding steroid dienone is 4. The number of rotatable bonds is 5. The lowest BCUT2D eigenvalue weighted by Crippen LogP contribution is -2.12. The molecule has 13 rings (SSSR count). The molecule has 0 N–H and O–H groups in total. The fourth-order valence-corrected chi connectivity index (χ4v) is 9.93. The third-order valence-corrected chi connectivity index (χ3v) is 12.8. The quantitative estimate of drug-likeness (QED) is 0.174. The largest absolute Gasteiger partial charge is 0.455 e. The molecule has 0 saturated carbocycles. The summed E-state index contributed by atoms with van der Waals surface area (Å²) < 4.78 is 8.95. The van der Waals surface area contributed by atoms with E-state index in [2.05, 4.69) is 193 Å². The number of nitrogens with zero attached hydrogens (tertiary/aromatic N) is 4.